The van der Waals surface area contributed by atoms with E-state index < -0.39 is 21.9 Å². The molecule has 5 rings (SSSR count). The van der Waals surface area contributed by atoms with E-state index in [0.717, 1.165) is 16.1 Å². The number of nitrogens with zero attached hydrogens (tertiary/aromatic N) is 4. The summed E-state index contributed by atoms with van der Waals surface area (Å²) in [6.07, 6.45) is 1.22. The number of fused-ring (bicyclic) bond motifs is 2. The summed E-state index contributed by atoms with van der Waals surface area (Å²) in [6, 6.07) is 18.3. The molecule has 0 aliphatic heterocycles. The number of nitro benzene ring substituents is 1. The summed E-state index contributed by atoms with van der Waals surface area (Å²) in [4.78, 5) is 28.2. The van der Waals surface area contributed by atoms with Gasteiger partial charge in [0.2, 0.25) is 11.6 Å². The van der Waals surface area contributed by atoms with E-state index in [1.807, 2.05) is 18.2 Å². The zero-order valence-corrected chi connectivity index (χ0v) is 17.4. The minimum Gasteiger partial charge on any atom is -0.501 e. The highest BCUT2D eigenvalue weighted by atomic mass is 35.5. The lowest BCUT2D eigenvalue weighted by atomic mass is 10.2. The molecule has 0 atom stereocenters. The van der Waals surface area contributed by atoms with Crippen LogP contribution in [-0.2, 0) is 0 Å². The Morgan fingerprint density at radius 3 is 2.67 bits per heavy atom. The predicted octanol–water partition coefficient (Wildman–Crippen LogP) is 4.96. The largest absolute Gasteiger partial charge is 0.501 e. The maximum atomic E-state index is 13.2. The molecule has 162 valence electrons. The number of hydrogen-bond donors (Lipinski definition) is 1. The molecule has 0 bridgehead atoms. The molecule has 9 nitrogen and oxygen atoms in total. The van der Waals surface area contributed by atoms with E-state index in [2.05, 4.69) is 10.1 Å². The summed E-state index contributed by atoms with van der Waals surface area (Å²) in [6.45, 7) is 0. The SMILES string of the molecule is O=c1c2ccccc2nc(-c2cc3ccccc3o2)n1N=Cc1cc(Cl)c(O)c([N+](=O)[O-])c1. The number of aromatic hydroxyl groups is 1. The first-order valence-electron chi connectivity index (χ1n) is 9.64. The van der Waals surface area contributed by atoms with Crippen molar-refractivity contribution in [2.24, 2.45) is 5.10 Å². The molecule has 0 unspecified atom stereocenters. The summed E-state index contributed by atoms with van der Waals surface area (Å²) in [7, 11) is 0. The Bertz CT molecular complexity index is 1620. The van der Waals surface area contributed by atoms with Gasteiger partial charge in [-0.15, -0.1) is 0 Å². The molecule has 0 spiro atoms. The lowest BCUT2D eigenvalue weighted by Gasteiger charge is -2.07. The lowest BCUT2D eigenvalue weighted by Crippen LogP contribution is -2.20. The molecule has 0 aliphatic rings. The highest BCUT2D eigenvalue weighted by molar-refractivity contribution is 6.32. The average molecular weight is 461 g/mol. The summed E-state index contributed by atoms with van der Waals surface area (Å²) < 4.78 is 6.96. The standard InChI is InChI=1S/C23H13ClN4O5/c24-16-9-13(10-18(21(16)29)28(31)32)12-25-27-22(20-11-14-5-1-4-8-19(14)33-20)26-17-7-3-2-6-15(17)23(27)30/h1-12,29H. The summed E-state index contributed by atoms with van der Waals surface area (Å²) in [5.74, 6) is -0.164. The topological polar surface area (TPSA) is 124 Å². The number of hydrogen-bond acceptors (Lipinski definition) is 7. The Morgan fingerprint density at radius 1 is 1.12 bits per heavy atom. The molecule has 0 saturated carbocycles. The number of para-hydroxylation sites is 2. The Balaban J connectivity index is 1.72. The van der Waals surface area contributed by atoms with E-state index in [-0.39, 0.29) is 16.4 Å². The molecular formula is C23H13ClN4O5. The predicted molar refractivity (Wildman–Crippen MR) is 124 cm³/mol. The van der Waals surface area contributed by atoms with Crippen molar-refractivity contribution in [2.75, 3.05) is 0 Å². The molecule has 0 amide bonds. The number of phenols is 1. The molecule has 2 heterocycles. The highest BCUT2D eigenvalue weighted by Crippen LogP contribution is 2.34. The summed E-state index contributed by atoms with van der Waals surface area (Å²) in [5.41, 5.74) is 0.260. The van der Waals surface area contributed by atoms with Gasteiger partial charge in [0, 0.05) is 17.0 Å². The van der Waals surface area contributed by atoms with Crippen LogP contribution in [0.4, 0.5) is 5.69 Å². The minimum atomic E-state index is -0.762. The van der Waals surface area contributed by atoms with Gasteiger partial charge in [-0.3, -0.25) is 14.9 Å². The number of benzene rings is 3. The fourth-order valence-electron chi connectivity index (χ4n) is 3.43. The maximum absolute atomic E-state index is 13.2. The van der Waals surface area contributed by atoms with Gasteiger partial charge in [0.1, 0.15) is 5.58 Å². The van der Waals surface area contributed by atoms with Crippen LogP contribution in [0.1, 0.15) is 5.56 Å². The molecule has 0 radical (unpaired) electrons. The lowest BCUT2D eigenvalue weighted by molar-refractivity contribution is -0.385. The Labute approximate surface area is 189 Å². The molecule has 33 heavy (non-hydrogen) atoms. The van der Waals surface area contributed by atoms with Crippen molar-refractivity contribution in [3.8, 4) is 17.3 Å². The molecule has 2 aromatic heterocycles. The zero-order valence-electron chi connectivity index (χ0n) is 16.7. The minimum absolute atomic E-state index is 0.158. The van der Waals surface area contributed by atoms with Crippen molar-refractivity contribution in [3.05, 3.63) is 97.8 Å². The fraction of sp³-hybridized carbons (Fsp3) is 0. The van der Waals surface area contributed by atoms with E-state index in [4.69, 9.17) is 16.0 Å². The number of halogens is 1. The third-order valence-electron chi connectivity index (χ3n) is 4.98. The first-order valence-corrected chi connectivity index (χ1v) is 10.0. The van der Waals surface area contributed by atoms with Crippen molar-refractivity contribution in [3.63, 3.8) is 0 Å². The summed E-state index contributed by atoms with van der Waals surface area (Å²) >= 11 is 5.91. The van der Waals surface area contributed by atoms with Crippen molar-refractivity contribution < 1.29 is 14.4 Å². The van der Waals surface area contributed by atoms with Crippen molar-refractivity contribution in [2.45, 2.75) is 0 Å². The van der Waals surface area contributed by atoms with Gasteiger partial charge >= 0.3 is 5.69 Å². The molecule has 1 N–H and O–H groups in total. The molecule has 0 fully saturated rings. The van der Waals surface area contributed by atoms with E-state index in [1.165, 1.54) is 12.3 Å². The van der Waals surface area contributed by atoms with Crippen LogP contribution in [0, 0.1) is 10.1 Å². The molecule has 0 saturated heterocycles. The number of furan rings is 1. The van der Waals surface area contributed by atoms with Crippen LogP contribution in [0.15, 0.2) is 81.0 Å². The van der Waals surface area contributed by atoms with Crippen LogP contribution in [0.2, 0.25) is 5.02 Å². The monoisotopic (exact) mass is 460 g/mol. The Morgan fingerprint density at radius 2 is 1.88 bits per heavy atom. The highest BCUT2D eigenvalue weighted by Gasteiger charge is 2.19. The first-order chi connectivity index (χ1) is 15.9. The van der Waals surface area contributed by atoms with Crippen LogP contribution in [-0.4, -0.2) is 25.9 Å². The second-order valence-corrected chi connectivity index (χ2v) is 7.50. The van der Waals surface area contributed by atoms with Crippen LogP contribution >= 0.6 is 11.6 Å². The van der Waals surface area contributed by atoms with Crippen LogP contribution in [0.3, 0.4) is 0 Å². The van der Waals surface area contributed by atoms with Gasteiger partial charge in [-0.2, -0.15) is 9.78 Å². The van der Waals surface area contributed by atoms with Crippen molar-refractivity contribution >= 4 is 45.4 Å². The number of nitro groups is 1. The smallest absolute Gasteiger partial charge is 0.312 e. The van der Waals surface area contributed by atoms with Crippen molar-refractivity contribution in [1.29, 1.82) is 0 Å². The van der Waals surface area contributed by atoms with Gasteiger partial charge in [-0.1, -0.05) is 41.9 Å². The third-order valence-corrected chi connectivity index (χ3v) is 5.27. The van der Waals surface area contributed by atoms with E-state index in [1.54, 1.807) is 36.4 Å². The van der Waals surface area contributed by atoms with Crippen LogP contribution in [0.25, 0.3) is 33.5 Å². The Kier molecular flexibility index (Phi) is 4.87. The summed E-state index contributed by atoms with van der Waals surface area (Å²) in [5, 5.41) is 26.2. The van der Waals surface area contributed by atoms with Crippen LogP contribution < -0.4 is 5.56 Å². The zero-order chi connectivity index (χ0) is 23.1. The van der Waals surface area contributed by atoms with E-state index in [9.17, 15) is 20.0 Å². The van der Waals surface area contributed by atoms with Gasteiger partial charge in [-0.25, -0.2) is 4.98 Å². The molecule has 3 aromatic carbocycles. The van der Waals surface area contributed by atoms with Crippen LogP contribution in [0.5, 0.6) is 5.75 Å². The van der Waals surface area contributed by atoms with Gasteiger partial charge in [-0.05, 0) is 30.3 Å². The molecular weight excluding hydrogens is 448 g/mol. The maximum Gasteiger partial charge on any atom is 0.312 e. The molecule has 10 heteroatoms. The number of phenolic OH excluding ortho intramolecular Hbond substituents is 1. The number of aromatic nitrogens is 2. The second kappa shape index (κ2) is 7.88. The molecule has 0 aliphatic carbocycles. The molecule has 5 aromatic rings. The second-order valence-electron chi connectivity index (χ2n) is 7.09. The average Bonchev–Trinajstić information content (AvgIpc) is 3.24. The third kappa shape index (κ3) is 3.60. The van der Waals surface area contributed by atoms with E-state index in [0.29, 0.717) is 22.2 Å². The van der Waals surface area contributed by atoms with Gasteiger partial charge in [0.15, 0.2) is 5.76 Å². The van der Waals surface area contributed by atoms with E-state index >= 15 is 0 Å². The van der Waals surface area contributed by atoms with Gasteiger partial charge in [0.25, 0.3) is 5.56 Å². The number of rotatable bonds is 4. The normalized spacial score (nSPS) is 11.5. The quantitative estimate of drug-likeness (QED) is 0.229. The van der Waals surface area contributed by atoms with Crippen molar-refractivity contribution in [1.82, 2.24) is 9.66 Å². The fourth-order valence-corrected chi connectivity index (χ4v) is 3.65. The Hall–Kier alpha value is -4.50. The van der Waals surface area contributed by atoms with Gasteiger partial charge < -0.3 is 9.52 Å². The first kappa shape index (κ1) is 20.4. The van der Waals surface area contributed by atoms with Gasteiger partial charge in [0.05, 0.1) is 27.1 Å².